The Morgan fingerprint density at radius 3 is 1.79 bits per heavy atom. The van der Waals surface area contributed by atoms with E-state index in [0.29, 0.717) is 0 Å². The number of hydrogen-bond donors (Lipinski definition) is 1. The lowest BCUT2D eigenvalue weighted by molar-refractivity contribution is 0.381. The van der Waals surface area contributed by atoms with Crippen molar-refractivity contribution < 1.29 is 22.0 Å². The lowest BCUT2D eigenvalue weighted by Crippen LogP contribution is -2.04. The lowest BCUT2D eigenvalue weighted by atomic mass is 10.0. The minimum atomic E-state index is -2.22. The number of benzene rings is 2. The van der Waals surface area contributed by atoms with Gasteiger partial charge in [-0.15, -0.1) is 0 Å². The molecule has 2 aromatic carbocycles. The van der Waals surface area contributed by atoms with Crippen molar-refractivity contribution >= 4 is 17.3 Å². The van der Waals surface area contributed by atoms with Gasteiger partial charge in [0.2, 0.25) is 5.82 Å². The summed E-state index contributed by atoms with van der Waals surface area (Å²) in [4.78, 5) is 0. The van der Waals surface area contributed by atoms with Gasteiger partial charge < -0.3 is 5.73 Å². The zero-order valence-corrected chi connectivity index (χ0v) is 9.83. The fourth-order valence-corrected chi connectivity index (χ4v) is 1.79. The van der Waals surface area contributed by atoms with Crippen LogP contribution in [0.1, 0.15) is 0 Å². The van der Waals surface area contributed by atoms with Crippen LogP contribution >= 0.6 is 11.6 Å². The fourth-order valence-electron chi connectivity index (χ4n) is 1.58. The van der Waals surface area contributed by atoms with E-state index in [2.05, 4.69) is 0 Å². The maximum absolute atomic E-state index is 13.6. The lowest BCUT2D eigenvalue weighted by Gasteiger charge is -2.10. The molecule has 0 spiro atoms. The van der Waals surface area contributed by atoms with Crippen molar-refractivity contribution in [2.24, 2.45) is 0 Å². The van der Waals surface area contributed by atoms with Gasteiger partial charge in [0.15, 0.2) is 23.3 Å². The highest BCUT2D eigenvalue weighted by Gasteiger charge is 2.27. The van der Waals surface area contributed by atoms with Crippen LogP contribution < -0.4 is 5.73 Å². The Kier molecular flexibility index (Phi) is 3.36. The summed E-state index contributed by atoms with van der Waals surface area (Å²) in [5, 5.41) is -0.183. The number of rotatable bonds is 1. The van der Waals surface area contributed by atoms with Crippen LogP contribution in [-0.2, 0) is 0 Å². The summed E-state index contributed by atoms with van der Waals surface area (Å²) >= 11 is 5.69. The molecule has 0 aliphatic rings. The van der Waals surface area contributed by atoms with Crippen LogP contribution in [0.5, 0.6) is 0 Å². The molecule has 0 radical (unpaired) electrons. The number of nitrogens with two attached hydrogens (primary N) is 1. The Morgan fingerprint density at radius 1 is 0.789 bits per heavy atom. The average molecular weight is 294 g/mol. The number of nitrogen functional groups attached to an aromatic ring is 1. The molecule has 0 saturated heterocycles. The second-order valence-electron chi connectivity index (χ2n) is 3.68. The van der Waals surface area contributed by atoms with Crippen molar-refractivity contribution in [2.75, 3.05) is 5.73 Å². The van der Waals surface area contributed by atoms with Gasteiger partial charge in [0, 0.05) is 16.3 Å². The van der Waals surface area contributed by atoms with Gasteiger partial charge in [0.25, 0.3) is 0 Å². The summed E-state index contributed by atoms with van der Waals surface area (Å²) in [6.07, 6.45) is 0. The first-order valence-corrected chi connectivity index (χ1v) is 5.29. The molecule has 0 atom stereocenters. The molecular weight excluding hydrogens is 289 g/mol. The highest BCUT2D eigenvalue weighted by Crippen LogP contribution is 2.36. The molecule has 0 saturated carbocycles. The van der Waals surface area contributed by atoms with Gasteiger partial charge in [0.05, 0.1) is 5.56 Å². The Hall–Kier alpha value is -1.82. The molecule has 2 rings (SSSR count). The molecule has 1 nitrogen and oxygen atoms in total. The van der Waals surface area contributed by atoms with E-state index in [1.807, 2.05) is 0 Å². The largest absolute Gasteiger partial charge is 0.399 e. The third kappa shape index (κ3) is 2.12. The van der Waals surface area contributed by atoms with Gasteiger partial charge in [-0.05, 0) is 18.2 Å². The van der Waals surface area contributed by atoms with Crippen LogP contribution in [0.2, 0.25) is 5.02 Å². The smallest absolute Gasteiger partial charge is 0.200 e. The second kappa shape index (κ2) is 4.70. The topological polar surface area (TPSA) is 26.0 Å². The van der Waals surface area contributed by atoms with Crippen LogP contribution in [0.4, 0.5) is 27.6 Å². The summed E-state index contributed by atoms with van der Waals surface area (Å²) in [6, 6.07) is 3.56. The summed E-state index contributed by atoms with van der Waals surface area (Å²) < 4.78 is 66.2. The van der Waals surface area contributed by atoms with Crippen LogP contribution in [0.25, 0.3) is 11.1 Å². The molecule has 0 unspecified atom stereocenters. The molecular formula is C12H5ClF5N. The predicted octanol–water partition coefficient (Wildman–Crippen LogP) is 4.28. The van der Waals surface area contributed by atoms with Crippen molar-refractivity contribution in [2.45, 2.75) is 0 Å². The molecule has 0 aromatic heterocycles. The molecule has 0 aliphatic carbocycles. The van der Waals surface area contributed by atoms with Crippen molar-refractivity contribution in [3.8, 4) is 11.1 Å². The fraction of sp³-hybridized carbons (Fsp3) is 0. The third-order valence-electron chi connectivity index (χ3n) is 2.47. The standard InChI is InChI=1S/C12H5ClF5N/c13-6-2-1-4(19)3-5(6)7-8(14)10(16)12(18)11(17)9(7)15/h1-3H,19H2. The van der Waals surface area contributed by atoms with Crippen molar-refractivity contribution in [3.63, 3.8) is 0 Å². The molecule has 0 bridgehead atoms. The Balaban J connectivity index is 2.87. The summed E-state index contributed by atoms with van der Waals surface area (Å²) in [5.41, 5.74) is 4.01. The first-order valence-electron chi connectivity index (χ1n) is 4.91. The van der Waals surface area contributed by atoms with E-state index in [9.17, 15) is 22.0 Å². The van der Waals surface area contributed by atoms with Crippen LogP contribution in [0.3, 0.4) is 0 Å². The SMILES string of the molecule is Nc1ccc(Cl)c(-c2c(F)c(F)c(F)c(F)c2F)c1. The van der Waals surface area contributed by atoms with Gasteiger partial charge in [-0.3, -0.25) is 0 Å². The van der Waals surface area contributed by atoms with Gasteiger partial charge in [-0.2, -0.15) is 0 Å². The van der Waals surface area contributed by atoms with E-state index in [4.69, 9.17) is 17.3 Å². The highest BCUT2D eigenvalue weighted by atomic mass is 35.5. The van der Waals surface area contributed by atoms with E-state index < -0.39 is 34.6 Å². The van der Waals surface area contributed by atoms with Crippen LogP contribution in [-0.4, -0.2) is 0 Å². The predicted molar refractivity (Wildman–Crippen MR) is 61.1 cm³/mol. The van der Waals surface area contributed by atoms with Crippen molar-refractivity contribution in [1.82, 2.24) is 0 Å². The molecule has 0 heterocycles. The summed E-state index contributed by atoms with van der Waals surface area (Å²) in [7, 11) is 0. The normalized spacial score (nSPS) is 10.8. The molecule has 100 valence electrons. The van der Waals surface area contributed by atoms with Crippen molar-refractivity contribution in [3.05, 3.63) is 52.3 Å². The summed E-state index contributed by atoms with van der Waals surface area (Å²) in [5.74, 6) is -10.2. The number of hydrogen-bond acceptors (Lipinski definition) is 1. The monoisotopic (exact) mass is 293 g/mol. The molecule has 19 heavy (non-hydrogen) atoms. The minimum absolute atomic E-state index is 0.0725. The van der Waals surface area contributed by atoms with E-state index in [-0.39, 0.29) is 16.3 Å². The quantitative estimate of drug-likeness (QED) is 0.361. The van der Waals surface area contributed by atoms with Crippen LogP contribution in [0.15, 0.2) is 18.2 Å². The minimum Gasteiger partial charge on any atom is -0.399 e. The highest BCUT2D eigenvalue weighted by molar-refractivity contribution is 6.33. The first kappa shape index (κ1) is 13.6. The zero-order valence-electron chi connectivity index (χ0n) is 9.08. The maximum Gasteiger partial charge on any atom is 0.200 e. The molecule has 2 aromatic rings. The molecule has 0 aliphatic heterocycles. The van der Waals surface area contributed by atoms with E-state index in [1.54, 1.807) is 0 Å². The van der Waals surface area contributed by atoms with Gasteiger partial charge >= 0.3 is 0 Å². The number of halogens is 6. The van der Waals surface area contributed by atoms with Gasteiger partial charge in [-0.1, -0.05) is 11.6 Å². The van der Waals surface area contributed by atoms with Gasteiger partial charge in [-0.25, -0.2) is 22.0 Å². The number of anilines is 1. The first-order chi connectivity index (χ1) is 8.84. The van der Waals surface area contributed by atoms with Gasteiger partial charge in [0.1, 0.15) is 0 Å². The molecule has 7 heteroatoms. The molecule has 0 amide bonds. The third-order valence-corrected chi connectivity index (χ3v) is 2.80. The Morgan fingerprint density at radius 2 is 1.26 bits per heavy atom. The van der Waals surface area contributed by atoms with E-state index in [1.165, 1.54) is 12.1 Å². The second-order valence-corrected chi connectivity index (χ2v) is 4.09. The molecule has 0 fully saturated rings. The molecule has 2 N–H and O–H groups in total. The van der Waals surface area contributed by atoms with E-state index in [0.717, 1.165) is 6.07 Å². The van der Waals surface area contributed by atoms with Crippen molar-refractivity contribution in [1.29, 1.82) is 0 Å². The Bertz CT molecular complexity index is 643. The average Bonchev–Trinajstić information content (AvgIpc) is 2.38. The van der Waals surface area contributed by atoms with Crippen LogP contribution in [0, 0.1) is 29.1 Å². The summed E-state index contributed by atoms with van der Waals surface area (Å²) in [6.45, 7) is 0. The Labute approximate surface area is 109 Å². The maximum atomic E-state index is 13.6. The zero-order chi connectivity index (χ0) is 14.3. The van der Waals surface area contributed by atoms with E-state index >= 15 is 0 Å².